The molecule has 0 aliphatic carbocycles. The smallest absolute Gasteiger partial charge is 0.329 e. The minimum atomic E-state index is -0.781. The Hall–Kier alpha value is -1.82. The molecule has 0 unspecified atom stereocenters. The van der Waals surface area contributed by atoms with Gasteiger partial charge in [-0.2, -0.15) is 5.10 Å². The predicted octanol–water partition coefficient (Wildman–Crippen LogP) is 1.77. The molecule has 0 saturated carbocycles. The number of hydrogen-bond acceptors (Lipinski definition) is 4. The Kier molecular flexibility index (Phi) is 5.76. The first-order valence-corrected chi connectivity index (χ1v) is 7.34. The molecule has 1 rings (SSSR count). The number of carbonyl (C=O) groups excluding carboxylic acids is 2. The average molecular weight is 293 g/mol. The van der Waals surface area contributed by atoms with Crippen LogP contribution in [-0.4, -0.2) is 29.8 Å². The largest absolute Gasteiger partial charge is 0.343 e. The second-order valence-corrected chi connectivity index (χ2v) is 6.06. The summed E-state index contributed by atoms with van der Waals surface area (Å²) in [5.74, 6) is -1.48. The van der Waals surface area contributed by atoms with E-state index in [-0.39, 0.29) is 0 Å². The van der Waals surface area contributed by atoms with Crippen LogP contribution in [0.15, 0.2) is 34.3 Å². The summed E-state index contributed by atoms with van der Waals surface area (Å²) < 4.78 is 0. The van der Waals surface area contributed by atoms with Crippen molar-refractivity contribution in [3.8, 4) is 0 Å². The number of nitrogens with zero attached hydrogens (tertiary/aromatic N) is 1. The Morgan fingerprint density at radius 1 is 1.15 bits per heavy atom. The lowest BCUT2D eigenvalue weighted by Crippen LogP contribution is -2.47. The molecule has 108 valence electrons. The SMILES string of the molecule is CSc1ccc(/C=N\NC(=O)C(=O)NC(C)(C)C)cc1. The minimum absolute atomic E-state index is 0.453. The van der Waals surface area contributed by atoms with Gasteiger partial charge in [0, 0.05) is 10.4 Å². The highest BCUT2D eigenvalue weighted by molar-refractivity contribution is 7.98. The number of hydrogen-bond donors (Lipinski definition) is 2. The highest BCUT2D eigenvalue weighted by Gasteiger charge is 2.19. The van der Waals surface area contributed by atoms with E-state index in [1.807, 2.05) is 30.5 Å². The van der Waals surface area contributed by atoms with Crippen LogP contribution < -0.4 is 10.7 Å². The van der Waals surface area contributed by atoms with Gasteiger partial charge in [-0.1, -0.05) is 12.1 Å². The molecule has 0 atom stereocenters. The summed E-state index contributed by atoms with van der Waals surface area (Å²) >= 11 is 1.65. The maximum absolute atomic E-state index is 11.5. The van der Waals surface area contributed by atoms with Crippen molar-refractivity contribution in [2.75, 3.05) is 6.26 Å². The molecule has 2 amide bonds. The van der Waals surface area contributed by atoms with Gasteiger partial charge in [-0.25, -0.2) is 5.43 Å². The van der Waals surface area contributed by atoms with E-state index in [1.165, 1.54) is 6.21 Å². The molecular formula is C14H19N3O2S. The molecular weight excluding hydrogens is 274 g/mol. The molecule has 6 heteroatoms. The fraction of sp³-hybridized carbons (Fsp3) is 0.357. The van der Waals surface area contributed by atoms with Gasteiger partial charge >= 0.3 is 11.8 Å². The van der Waals surface area contributed by atoms with Crippen molar-refractivity contribution in [3.05, 3.63) is 29.8 Å². The number of amides is 2. The fourth-order valence-corrected chi connectivity index (χ4v) is 1.71. The normalized spacial score (nSPS) is 11.4. The molecule has 0 saturated heterocycles. The van der Waals surface area contributed by atoms with Crippen LogP contribution >= 0.6 is 11.8 Å². The van der Waals surface area contributed by atoms with Crippen LogP contribution in [0.4, 0.5) is 0 Å². The Balaban J connectivity index is 2.51. The van der Waals surface area contributed by atoms with E-state index in [0.29, 0.717) is 0 Å². The molecule has 5 nitrogen and oxygen atoms in total. The van der Waals surface area contributed by atoms with Gasteiger partial charge in [-0.15, -0.1) is 11.8 Å². The lowest BCUT2D eigenvalue weighted by molar-refractivity contribution is -0.140. The average Bonchev–Trinajstić information content (AvgIpc) is 2.37. The Labute approximate surface area is 123 Å². The topological polar surface area (TPSA) is 70.6 Å². The van der Waals surface area contributed by atoms with Crippen molar-refractivity contribution in [2.24, 2.45) is 5.10 Å². The number of nitrogens with one attached hydrogen (secondary N) is 2. The third kappa shape index (κ3) is 5.88. The van der Waals surface area contributed by atoms with E-state index >= 15 is 0 Å². The second kappa shape index (κ2) is 7.09. The zero-order valence-corrected chi connectivity index (χ0v) is 12.9. The van der Waals surface area contributed by atoms with Gasteiger partial charge in [0.25, 0.3) is 0 Å². The van der Waals surface area contributed by atoms with Gasteiger partial charge in [0.05, 0.1) is 6.21 Å². The van der Waals surface area contributed by atoms with Crippen molar-refractivity contribution in [1.82, 2.24) is 10.7 Å². The van der Waals surface area contributed by atoms with Crippen LogP contribution in [0.25, 0.3) is 0 Å². The number of carbonyl (C=O) groups is 2. The Bertz CT molecular complexity index is 504. The second-order valence-electron chi connectivity index (χ2n) is 5.18. The van der Waals surface area contributed by atoms with Crippen molar-refractivity contribution >= 4 is 29.8 Å². The molecule has 2 N–H and O–H groups in total. The van der Waals surface area contributed by atoms with Gasteiger partial charge in [0.1, 0.15) is 0 Å². The number of thioether (sulfide) groups is 1. The van der Waals surface area contributed by atoms with E-state index < -0.39 is 17.4 Å². The van der Waals surface area contributed by atoms with E-state index in [2.05, 4.69) is 15.8 Å². The summed E-state index contributed by atoms with van der Waals surface area (Å²) in [6, 6.07) is 7.69. The number of rotatable bonds is 3. The van der Waals surface area contributed by atoms with Gasteiger partial charge in [-0.3, -0.25) is 9.59 Å². The molecule has 0 aliphatic rings. The van der Waals surface area contributed by atoms with Gasteiger partial charge in [0.2, 0.25) is 0 Å². The monoisotopic (exact) mass is 293 g/mol. The zero-order chi connectivity index (χ0) is 15.2. The van der Waals surface area contributed by atoms with Crippen LogP contribution in [-0.2, 0) is 9.59 Å². The fourth-order valence-electron chi connectivity index (χ4n) is 1.30. The number of benzene rings is 1. The van der Waals surface area contributed by atoms with Crippen LogP contribution in [0.2, 0.25) is 0 Å². The third-order valence-corrected chi connectivity index (χ3v) is 2.93. The standard InChI is InChI=1S/C14H19N3O2S/c1-14(2,3)16-12(18)13(19)17-15-9-10-5-7-11(20-4)8-6-10/h5-9H,1-4H3,(H,16,18)(H,17,19)/b15-9-. The maximum atomic E-state index is 11.5. The van der Waals surface area contributed by atoms with Crippen LogP contribution in [0.3, 0.4) is 0 Å². The van der Waals surface area contributed by atoms with Crippen molar-refractivity contribution < 1.29 is 9.59 Å². The molecule has 0 aliphatic heterocycles. The van der Waals surface area contributed by atoms with E-state index in [4.69, 9.17) is 0 Å². The lowest BCUT2D eigenvalue weighted by Gasteiger charge is -2.19. The van der Waals surface area contributed by atoms with Crippen LogP contribution in [0.5, 0.6) is 0 Å². The van der Waals surface area contributed by atoms with E-state index in [0.717, 1.165) is 10.5 Å². The van der Waals surface area contributed by atoms with E-state index in [1.54, 1.807) is 32.5 Å². The summed E-state index contributed by atoms with van der Waals surface area (Å²) in [4.78, 5) is 24.1. The Morgan fingerprint density at radius 2 is 1.75 bits per heavy atom. The van der Waals surface area contributed by atoms with Gasteiger partial charge in [0.15, 0.2) is 0 Å². The molecule has 0 spiro atoms. The molecule has 0 bridgehead atoms. The van der Waals surface area contributed by atoms with Crippen molar-refractivity contribution in [1.29, 1.82) is 0 Å². The molecule has 0 radical (unpaired) electrons. The zero-order valence-electron chi connectivity index (χ0n) is 12.1. The first-order valence-electron chi connectivity index (χ1n) is 6.11. The predicted molar refractivity (Wildman–Crippen MR) is 81.9 cm³/mol. The molecule has 0 aromatic heterocycles. The van der Waals surface area contributed by atoms with E-state index in [9.17, 15) is 9.59 Å². The van der Waals surface area contributed by atoms with Gasteiger partial charge < -0.3 is 5.32 Å². The summed E-state index contributed by atoms with van der Waals surface area (Å²) in [5, 5.41) is 6.31. The summed E-state index contributed by atoms with van der Waals surface area (Å²) in [6.07, 6.45) is 3.49. The van der Waals surface area contributed by atoms with Crippen LogP contribution in [0.1, 0.15) is 26.3 Å². The molecule has 20 heavy (non-hydrogen) atoms. The highest BCUT2D eigenvalue weighted by Crippen LogP contribution is 2.13. The summed E-state index contributed by atoms with van der Waals surface area (Å²) in [7, 11) is 0. The number of hydrazone groups is 1. The summed E-state index contributed by atoms with van der Waals surface area (Å²) in [6.45, 7) is 5.40. The highest BCUT2D eigenvalue weighted by atomic mass is 32.2. The molecule has 0 fully saturated rings. The summed E-state index contributed by atoms with van der Waals surface area (Å²) in [5.41, 5.74) is 2.59. The Morgan fingerprint density at radius 3 is 2.25 bits per heavy atom. The first-order chi connectivity index (χ1) is 9.31. The van der Waals surface area contributed by atoms with Gasteiger partial charge in [-0.05, 0) is 44.7 Å². The molecule has 1 aromatic rings. The first kappa shape index (κ1) is 16.2. The molecule has 0 heterocycles. The minimum Gasteiger partial charge on any atom is -0.343 e. The molecule has 1 aromatic carbocycles. The maximum Gasteiger partial charge on any atom is 0.329 e. The lowest BCUT2D eigenvalue weighted by atomic mass is 10.1. The van der Waals surface area contributed by atoms with Crippen LogP contribution in [0, 0.1) is 0 Å². The quantitative estimate of drug-likeness (QED) is 0.386. The van der Waals surface area contributed by atoms with Crippen molar-refractivity contribution in [2.45, 2.75) is 31.2 Å². The van der Waals surface area contributed by atoms with Crippen molar-refractivity contribution in [3.63, 3.8) is 0 Å². The third-order valence-electron chi connectivity index (χ3n) is 2.19.